The van der Waals surface area contributed by atoms with Gasteiger partial charge in [-0.1, -0.05) is 42.5 Å². The number of rotatable bonds is 6. The second-order valence-corrected chi connectivity index (χ2v) is 7.51. The molecule has 1 amide bonds. The molecular formula is C21H16Br2N2O3. The number of ether oxygens (including phenoxy) is 1. The second-order valence-electron chi connectivity index (χ2n) is 5.81. The van der Waals surface area contributed by atoms with E-state index in [0.29, 0.717) is 20.3 Å². The van der Waals surface area contributed by atoms with Crippen molar-refractivity contribution in [2.24, 2.45) is 5.10 Å². The summed E-state index contributed by atoms with van der Waals surface area (Å²) in [6.07, 6.45) is 1.47. The van der Waals surface area contributed by atoms with Crippen LogP contribution in [-0.4, -0.2) is 23.8 Å². The number of hydrazone groups is 1. The largest absolute Gasteiger partial charge is 0.506 e. The lowest BCUT2D eigenvalue weighted by Gasteiger charge is -2.07. The van der Waals surface area contributed by atoms with Crippen LogP contribution < -0.4 is 10.2 Å². The fraction of sp³-hybridized carbons (Fsp3) is 0.0476. The quantitative estimate of drug-likeness (QED) is 0.362. The van der Waals surface area contributed by atoms with E-state index in [-0.39, 0.29) is 18.3 Å². The van der Waals surface area contributed by atoms with Crippen LogP contribution >= 0.6 is 31.9 Å². The van der Waals surface area contributed by atoms with Gasteiger partial charge in [-0.05, 0) is 72.8 Å². The highest BCUT2D eigenvalue weighted by Crippen LogP contribution is 2.32. The first-order chi connectivity index (χ1) is 13.5. The molecular weight excluding hydrogens is 488 g/mol. The third kappa shape index (κ3) is 5.43. The highest BCUT2D eigenvalue weighted by Gasteiger charge is 2.05. The van der Waals surface area contributed by atoms with Crippen molar-refractivity contribution >= 4 is 44.0 Å². The van der Waals surface area contributed by atoms with Crippen LogP contribution in [0.15, 0.2) is 80.8 Å². The molecule has 0 atom stereocenters. The molecule has 0 heterocycles. The summed E-state index contributed by atoms with van der Waals surface area (Å²) in [4.78, 5) is 11.9. The van der Waals surface area contributed by atoms with Gasteiger partial charge in [0.1, 0.15) is 11.5 Å². The van der Waals surface area contributed by atoms with Gasteiger partial charge in [-0.25, -0.2) is 5.43 Å². The number of amides is 1. The number of aromatic hydroxyl groups is 1. The van der Waals surface area contributed by atoms with Gasteiger partial charge < -0.3 is 9.84 Å². The first-order valence-electron chi connectivity index (χ1n) is 8.31. The Morgan fingerprint density at radius 1 is 1.00 bits per heavy atom. The minimum Gasteiger partial charge on any atom is -0.506 e. The molecule has 0 aliphatic carbocycles. The van der Waals surface area contributed by atoms with Gasteiger partial charge >= 0.3 is 0 Å². The highest BCUT2D eigenvalue weighted by molar-refractivity contribution is 9.11. The van der Waals surface area contributed by atoms with Crippen molar-refractivity contribution in [2.45, 2.75) is 0 Å². The predicted octanol–water partition coefficient (Wildman–Crippen LogP) is 5.11. The zero-order chi connectivity index (χ0) is 19.9. The highest BCUT2D eigenvalue weighted by atomic mass is 79.9. The number of benzene rings is 3. The van der Waals surface area contributed by atoms with Gasteiger partial charge in [-0.15, -0.1) is 0 Å². The van der Waals surface area contributed by atoms with Crippen molar-refractivity contribution in [1.82, 2.24) is 5.43 Å². The Labute approximate surface area is 179 Å². The Morgan fingerprint density at radius 3 is 2.25 bits per heavy atom. The van der Waals surface area contributed by atoms with Gasteiger partial charge in [0.2, 0.25) is 0 Å². The lowest BCUT2D eigenvalue weighted by molar-refractivity contribution is -0.123. The van der Waals surface area contributed by atoms with E-state index in [1.165, 1.54) is 6.21 Å². The molecule has 0 aliphatic rings. The van der Waals surface area contributed by atoms with Gasteiger partial charge in [-0.2, -0.15) is 5.10 Å². The van der Waals surface area contributed by atoms with Crippen molar-refractivity contribution in [3.05, 3.63) is 81.2 Å². The average Bonchev–Trinajstić information content (AvgIpc) is 2.71. The van der Waals surface area contributed by atoms with Crippen molar-refractivity contribution in [3.63, 3.8) is 0 Å². The fourth-order valence-corrected chi connectivity index (χ4v) is 3.62. The standard InChI is InChI=1S/C21H16Br2N2O3/c22-18-10-14(11-19(23)21(18)27)12-24-25-20(26)13-28-17-8-6-16(7-9-17)15-4-2-1-3-5-15/h1-12,27H,13H2,(H,25,26). The lowest BCUT2D eigenvalue weighted by atomic mass is 10.1. The summed E-state index contributed by atoms with van der Waals surface area (Å²) in [6, 6.07) is 20.9. The molecule has 0 saturated carbocycles. The van der Waals surface area contributed by atoms with Crippen molar-refractivity contribution in [3.8, 4) is 22.6 Å². The average molecular weight is 504 g/mol. The van der Waals surface area contributed by atoms with Crippen LogP contribution in [0.2, 0.25) is 0 Å². The van der Waals surface area contributed by atoms with Crippen molar-refractivity contribution in [2.75, 3.05) is 6.61 Å². The Hall–Kier alpha value is -2.64. The zero-order valence-electron chi connectivity index (χ0n) is 14.6. The third-order valence-electron chi connectivity index (χ3n) is 3.77. The fourth-order valence-electron chi connectivity index (χ4n) is 2.39. The second kappa shape index (κ2) is 9.52. The van der Waals surface area contributed by atoms with E-state index in [1.54, 1.807) is 12.1 Å². The van der Waals surface area contributed by atoms with Gasteiger partial charge in [-0.3, -0.25) is 4.79 Å². The van der Waals surface area contributed by atoms with Crippen LogP contribution in [0.25, 0.3) is 11.1 Å². The topological polar surface area (TPSA) is 70.9 Å². The molecule has 0 fully saturated rings. The molecule has 3 rings (SSSR count). The first kappa shape index (κ1) is 20.1. The normalized spacial score (nSPS) is 10.8. The van der Waals surface area contributed by atoms with E-state index in [0.717, 1.165) is 11.1 Å². The van der Waals surface area contributed by atoms with Crippen LogP contribution in [0, 0.1) is 0 Å². The van der Waals surface area contributed by atoms with Gasteiger partial charge in [0.05, 0.1) is 15.2 Å². The zero-order valence-corrected chi connectivity index (χ0v) is 17.8. The number of nitrogens with one attached hydrogen (secondary N) is 1. The number of hydrogen-bond donors (Lipinski definition) is 2. The monoisotopic (exact) mass is 502 g/mol. The van der Waals surface area contributed by atoms with E-state index < -0.39 is 0 Å². The van der Waals surface area contributed by atoms with Gasteiger partial charge in [0.15, 0.2) is 6.61 Å². The molecule has 2 N–H and O–H groups in total. The van der Waals surface area contributed by atoms with Gasteiger partial charge in [0, 0.05) is 0 Å². The molecule has 0 bridgehead atoms. The number of carbonyl (C=O) groups excluding carboxylic acids is 1. The minimum atomic E-state index is -0.375. The van der Waals surface area contributed by atoms with Crippen molar-refractivity contribution in [1.29, 1.82) is 0 Å². The summed E-state index contributed by atoms with van der Waals surface area (Å²) >= 11 is 6.48. The van der Waals surface area contributed by atoms with E-state index in [9.17, 15) is 9.90 Å². The Bertz CT molecular complexity index is 967. The summed E-state index contributed by atoms with van der Waals surface area (Å²) in [5.41, 5.74) is 5.30. The maximum atomic E-state index is 11.9. The van der Waals surface area contributed by atoms with Crippen LogP contribution in [0.5, 0.6) is 11.5 Å². The molecule has 0 radical (unpaired) electrons. The smallest absolute Gasteiger partial charge is 0.277 e. The SMILES string of the molecule is O=C(COc1ccc(-c2ccccc2)cc1)NN=Cc1cc(Br)c(O)c(Br)c1. The number of phenols is 1. The number of nitrogens with zero attached hydrogens (tertiary/aromatic N) is 1. The number of hydrogen-bond acceptors (Lipinski definition) is 4. The van der Waals surface area contributed by atoms with E-state index in [2.05, 4.69) is 42.4 Å². The Morgan fingerprint density at radius 2 is 1.61 bits per heavy atom. The molecule has 3 aromatic rings. The molecule has 0 unspecified atom stereocenters. The molecule has 0 aromatic heterocycles. The van der Waals surface area contributed by atoms with E-state index >= 15 is 0 Å². The number of carbonyl (C=O) groups is 1. The molecule has 5 nitrogen and oxygen atoms in total. The predicted molar refractivity (Wildman–Crippen MR) is 117 cm³/mol. The van der Waals surface area contributed by atoms with Crippen LogP contribution in [0.3, 0.4) is 0 Å². The summed E-state index contributed by atoms with van der Waals surface area (Å²) < 4.78 is 6.53. The van der Waals surface area contributed by atoms with Crippen LogP contribution in [-0.2, 0) is 4.79 Å². The lowest BCUT2D eigenvalue weighted by Crippen LogP contribution is -2.24. The molecule has 142 valence electrons. The summed E-state index contributed by atoms with van der Waals surface area (Å²) in [7, 11) is 0. The Kier molecular flexibility index (Phi) is 6.84. The molecule has 7 heteroatoms. The summed E-state index contributed by atoms with van der Waals surface area (Å²) in [6.45, 7) is -0.148. The summed E-state index contributed by atoms with van der Waals surface area (Å²) in [5, 5.41) is 13.6. The molecule has 0 aliphatic heterocycles. The molecule has 0 spiro atoms. The van der Waals surface area contributed by atoms with Crippen LogP contribution in [0.1, 0.15) is 5.56 Å². The Balaban J connectivity index is 1.50. The summed E-state index contributed by atoms with van der Waals surface area (Å²) in [5.74, 6) is 0.332. The van der Waals surface area contributed by atoms with Gasteiger partial charge in [0.25, 0.3) is 5.91 Å². The maximum absolute atomic E-state index is 11.9. The number of halogens is 2. The number of phenolic OH excluding ortho intramolecular Hbond substituents is 1. The molecule has 28 heavy (non-hydrogen) atoms. The van der Waals surface area contributed by atoms with E-state index in [4.69, 9.17) is 4.74 Å². The molecule has 0 saturated heterocycles. The molecule has 3 aromatic carbocycles. The van der Waals surface area contributed by atoms with Crippen LogP contribution in [0.4, 0.5) is 0 Å². The third-order valence-corrected chi connectivity index (χ3v) is 4.98. The first-order valence-corrected chi connectivity index (χ1v) is 9.90. The minimum absolute atomic E-state index is 0.105. The maximum Gasteiger partial charge on any atom is 0.277 e. The van der Waals surface area contributed by atoms with E-state index in [1.807, 2.05) is 54.6 Å². The van der Waals surface area contributed by atoms with Crippen molar-refractivity contribution < 1.29 is 14.6 Å².